The Morgan fingerprint density at radius 1 is 0.863 bits per heavy atom. The summed E-state index contributed by atoms with van der Waals surface area (Å²) in [5, 5.41) is 16.8. The van der Waals surface area contributed by atoms with Crippen LogP contribution in [0.1, 0.15) is 86.3 Å². The summed E-state index contributed by atoms with van der Waals surface area (Å²) in [6.07, 6.45) is -0.607. The molecule has 1 aromatic carbocycles. The lowest BCUT2D eigenvalue weighted by Gasteiger charge is -2.40. The van der Waals surface area contributed by atoms with Gasteiger partial charge in [-0.25, -0.2) is 0 Å². The van der Waals surface area contributed by atoms with E-state index in [4.69, 9.17) is 9.47 Å². The fourth-order valence-electron chi connectivity index (χ4n) is 7.67. The number of carbonyl (C=O) groups excluding carboxylic acids is 4. The zero-order valence-electron chi connectivity index (χ0n) is 33.4. The number of aliphatic hydroxyl groups is 1. The maximum Gasteiger partial charge on any atom is 0.245 e. The second-order valence-corrected chi connectivity index (χ2v) is 15.5. The van der Waals surface area contributed by atoms with Gasteiger partial charge in [0.2, 0.25) is 23.6 Å². The van der Waals surface area contributed by atoms with Crippen LogP contribution in [0.3, 0.4) is 0 Å². The first-order valence-electron chi connectivity index (χ1n) is 18.5. The summed E-state index contributed by atoms with van der Waals surface area (Å²) in [5.41, 5.74) is 0.710. The molecule has 1 heterocycles. The highest BCUT2D eigenvalue weighted by atomic mass is 16.5. The number of benzene rings is 1. The van der Waals surface area contributed by atoms with Gasteiger partial charge in [-0.3, -0.25) is 24.1 Å². The van der Waals surface area contributed by atoms with Crippen molar-refractivity contribution in [2.75, 3.05) is 41.9 Å². The van der Waals surface area contributed by atoms with Crippen LogP contribution in [0.15, 0.2) is 30.3 Å². The fraction of sp³-hybridized carbons (Fsp3) is 0.744. The van der Waals surface area contributed by atoms with E-state index in [0.29, 0.717) is 18.5 Å². The Balaban J connectivity index is 2.21. The minimum absolute atomic E-state index is 0.0273. The number of amides is 4. The predicted molar refractivity (Wildman–Crippen MR) is 200 cm³/mol. The van der Waals surface area contributed by atoms with Crippen molar-refractivity contribution in [3.05, 3.63) is 35.9 Å². The Morgan fingerprint density at radius 2 is 1.47 bits per heavy atom. The number of nitrogens with one attached hydrogen (secondary N) is 2. The van der Waals surface area contributed by atoms with Gasteiger partial charge in [-0.2, -0.15) is 0 Å². The molecular formula is C39H67N5O7. The van der Waals surface area contributed by atoms with Crippen molar-refractivity contribution >= 4 is 23.6 Å². The lowest BCUT2D eigenvalue weighted by Crippen LogP contribution is -2.59. The topological polar surface area (TPSA) is 141 Å². The number of rotatable bonds is 19. The summed E-state index contributed by atoms with van der Waals surface area (Å²) >= 11 is 0. The Bertz CT molecular complexity index is 1250. The Kier molecular flexibility index (Phi) is 17.5. The van der Waals surface area contributed by atoms with Crippen LogP contribution in [0.25, 0.3) is 0 Å². The monoisotopic (exact) mass is 718 g/mol. The minimum Gasteiger partial charge on any atom is -0.386 e. The molecule has 1 fully saturated rings. The molecule has 0 spiro atoms. The van der Waals surface area contributed by atoms with Crippen LogP contribution in [0.4, 0.5) is 0 Å². The van der Waals surface area contributed by atoms with Crippen LogP contribution in [0, 0.1) is 23.7 Å². The van der Waals surface area contributed by atoms with Crippen LogP contribution in [0.2, 0.25) is 0 Å². The molecule has 12 nitrogen and oxygen atoms in total. The molecule has 0 aromatic heterocycles. The van der Waals surface area contributed by atoms with Gasteiger partial charge in [0, 0.05) is 27.8 Å². The summed E-state index contributed by atoms with van der Waals surface area (Å²) in [5.74, 6) is -1.64. The second-order valence-electron chi connectivity index (χ2n) is 15.5. The van der Waals surface area contributed by atoms with Gasteiger partial charge in [0.25, 0.3) is 0 Å². The third-order valence-electron chi connectivity index (χ3n) is 10.4. The molecule has 0 saturated carbocycles. The fourth-order valence-corrected chi connectivity index (χ4v) is 7.67. The first-order valence-corrected chi connectivity index (χ1v) is 18.5. The molecule has 12 heteroatoms. The number of likely N-dealkylation sites (N-methyl/N-ethyl adjacent to an activating group) is 2. The zero-order chi connectivity index (χ0) is 38.7. The summed E-state index contributed by atoms with van der Waals surface area (Å²) in [4.78, 5) is 60.2. The maximum absolute atomic E-state index is 14.1. The lowest BCUT2D eigenvalue weighted by molar-refractivity contribution is -0.147. The van der Waals surface area contributed by atoms with Gasteiger partial charge in [0.05, 0.1) is 54.8 Å². The van der Waals surface area contributed by atoms with E-state index in [1.54, 1.807) is 44.9 Å². The molecule has 1 aromatic rings. The molecule has 1 aliphatic heterocycles. The average Bonchev–Trinajstić information content (AvgIpc) is 3.55. The minimum atomic E-state index is -0.875. The summed E-state index contributed by atoms with van der Waals surface area (Å²) in [6.45, 7) is 15.8. The van der Waals surface area contributed by atoms with Crippen molar-refractivity contribution in [1.29, 1.82) is 0 Å². The Labute approximate surface area is 307 Å². The highest BCUT2D eigenvalue weighted by Crippen LogP contribution is 2.29. The van der Waals surface area contributed by atoms with Gasteiger partial charge >= 0.3 is 0 Å². The summed E-state index contributed by atoms with van der Waals surface area (Å²) in [6, 6.07) is 6.70. The Morgan fingerprint density at radius 3 is 1.96 bits per heavy atom. The Hall–Kier alpha value is -3.06. The number of aliphatic hydroxyl groups excluding tert-OH is 1. The van der Waals surface area contributed by atoms with Crippen LogP contribution < -0.4 is 10.6 Å². The van der Waals surface area contributed by atoms with Crippen molar-refractivity contribution < 1.29 is 33.8 Å². The number of methoxy groups -OCH3 is 2. The quantitative estimate of drug-likeness (QED) is 0.198. The first kappa shape index (κ1) is 44.1. The van der Waals surface area contributed by atoms with Crippen LogP contribution in [0.5, 0.6) is 0 Å². The number of likely N-dealkylation sites (tertiary alicyclic amines) is 1. The first-order chi connectivity index (χ1) is 23.9. The van der Waals surface area contributed by atoms with Crippen LogP contribution in [-0.4, -0.2) is 128 Å². The SMILES string of the molecule is CO[C@H]([C@@H](C)C(=O)N[C@H](C)[C@@H](O)c1ccccc1)[C@@H]1CCCN1C(=O)C[C@@H](OC)[C@H](C(C)C)N(C)C(=O)[C@@H](NC(=O)C(C(C)C)N(C)C)C(C)C. The van der Waals surface area contributed by atoms with E-state index in [-0.39, 0.29) is 53.8 Å². The number of hydrogen-bond acceptors (Lipinski definition) is 8. The van der Waals surface area contributed by atoms with E-state index < -0.39 is 48.4 Å². The molecule has 1 aliphatic rings. The van der Waals surface area contributed by atoms with E-state index in [0.717, 1.165) is 6.42 Å². The second kappa shape index (κ2) is 20.3. The predicted octanol–water partition coefficient (Wildman–Crippen LogP) is 3.48. The van der Waals surface area contributed by atoms with Gasteiger partial charge in [0.15, 0.2) is 0 Å². The molecule has 3 N–H and O–H groups in total. The molecule has 290 valence electrons. The van der Waals surface area contributed by atoms with E-state index >= 15 is 0 Å². The molecule has 4 amide bonds. The standard InChI is InChI=1S/C39H67N5O7/c1-23(2)32(41-38(48)34(25(5)6)42(9)10)39(49)43(11)33(24(3)4)30(50-12)22-31(45)44-21-17-20-29(44)36(51-13)26(7)37(47)40-27(8)35(46)28-18-15-14-16-19-28/h14-16,18-19,23-27,29-30,32-36,46H,17,20-22H2,1-13H3,(H,40,47)(H,41,48)/t26-,27-,29+,30-,32+,33+,34?,35-,36-/m1/s1. The van der Waals surface area contributed by atoms with Gasteiger partial charge < -0.3 is 35.0 Å². The van der Waals surface area contributed by atoms with E-state index in [1.165, 1.54) is 0 Å². The van der Waals surface area contributed by atoms with Crippen LogP contribution >= 0.6 is 0 Å². The highest BCUT2D eigenvalue weighted by molar-refractivity contribution is 5.90. The number of hydrogen-bond donors (Lipinski definition) is 3. The van der Waals surface area contributed by atoms with Crippen molar-refractivity contribution in [3.8, 4) is 0 Å². The van der Waals surface area contributed by atoms with Gasteiger partial charge in [-0.15, -0.1) is 0 Å². The number of carbonyl (C=O) groups is 4. The van der Waals surface area contributed by atoms with Crippen LogP contribution in [-0.2, 0) is 28.7 Å². The highest BCUT2D eigenvalue weighted by Gasteiger charge is 2.43. The van der Waals surface area contributed by atoms with Crippen molar-refractivity contribution in [1.82, 2.24) is 25.3 Å². The molecule has 0 radical (unpaired) electrons. The van der Waals surface area contributed by atoms with E-state index in [2.05, 4.69) is 10.6 Å². The number of ether oxygens (including phenoxy) is 2. The third-order valence-corrected chi connectivity index (χ3v) is 10.4. The normalized spacial score (nSPS) is 19.7. The molecule has 51 heavy (non-hydrogen) atoms. The van der Waals surface area contributed by atoms with E-state index in [9.17, 15) is 24.3 Å². The zero-order valence-corrected chi connectivity index (χ0v) is 33.4. The molecule has 9 atom stereocenters. The number of nitrogens with zero attached hydrogens (tertiary/aromatic N) is 3. The molecule has 1 saturated heterocycles. The van der Waals surface area contributed by atoms with Gasteiger partial charge in [-0.05, 0) is 57.2 Å². The van der Waals surface area contributed by atoms with Crippen molar-refractivity contribution in [2.45, 2.75) is 123 Å². The average molecular weight is 718 g/mol. The molecule has 0 aliphatic carbocycles. The summed E-state index contributed by atoms with van der Waals surface area (Å²) in [7, 11) is 8.52. The smallest absolute Gasteiger partial charge is 0.245 e. The lowest BCUT2D eigenvalue weighted by atomic mass is 9.91. The van der Waals surface area contributed by atoms with Gasteiger partial charge in [0.1, 0.15) is 6.04 Å². The third kappa shape index (κ3) is 11.5. The largest absolute Gasteiger partial charge is 0.386 e. The van der Waals surface area contributed by atoms with Gasteiger partial charge in [-0.1, -0.05) is 78.8 Å². The molecule has 2 rings (SSSR count). The maximum atomic E-state index is 14.1. The molecular weight excluding hydrogens is 650 g/mol. The van der Waals surface area contributed by atoms with E-state index in [1.807, 2.05) is 90.9 Å². The molecule has 1 unspecified atom stereocenters. The van der Waals surface area contributed by atoms with Crippen molar-refractivity contribution in [2.24, 2.45) is 23.7 Å². The van der Waals surface area contributed by atoms with Crippen molar-refractivity contribution in [3.63, 3.8) is 0 Å². The summed E-state index contributed by atoms with van der Waals surface area (Å²) < 4.78 is 11.9. The molecule has 0 bridgehead atoms.